The number of carbonyl (C=O) groups excluding carboxylic acids is 1. The van der Waals surface area contributed by atoms with E-state index in [4.69, 9.17) is 11.6 Å². The number of aromatic amines is 1. The standard InChI is InChI=1S/C16H18ClFN4OS/c17-12-8-11(18)5-6-13(12)19-15(23)9-24-16-20-14(21-22-16)7-10-3-1-2-4-10/h5-6,8,10H,1-4,7,9H2,(H,19,23)(H,20,21,22). The molecular weight excluding hydrogens is 351 g/mol. The van der Waals surface area contributed by atoms with Gasteiger partial charge in [0.25, 0.3) is 0 Å². The molecule has 24 heavy (non-hydrogen) atoms. The number of aromatic nitrogens is 3. The number of carbonyl (C=O) groups is 1. The first kappa shape index (κ1) is 17.2. The molecule has 5 nitrogen and oxygen atoms in total. The Kier molecular flexibility index (Phi) is 5.73. The van der Waals surface area contributed by atoms with Crippen LogP contribution in [-0.4, -0.2) is 26.8 Å². The molecule has 1 aliphatic carbocycles. The average Bonchev–Trinajstić information content (AvgIpc) is 3.20. The van der Waals surface area contributed by atoms with Crippen LogP contribution in [0.5, 0.6) is 0 Å². The second kappa shape index (κ2) is 7.98. The number of hydrogen-bond donors (Lipinski definition) is 2. The van der Waals surface area contributed by atoms with E-state index < -0.39 is 5.82 Å². The van der Waals surface area contributed by atoms with E-state index in [1.807, 2.05) is 0 Å². The van der Waals surface area contributed by atoms with Gasteiger partial charge >= 0.3 is 0 Å². The third-order valence-electron chi connectivity index (χ3n) is 4.01. The summed E-state index contributed by atoms with van der Waals surface area (Å²) in [7, 11) is 0. The molecule has 2 aromatic rings. The van der Waals surface area contributed by atoms with Gasteiger partial charge in [0.05, 0.1) is 16.5 Å². The van der Waals surface area contributed by atoms with Crippen molar-refractivity contribution in [3.05, 3.63) is 34.9 Å². The van der Waals surface area contributed by atoms with Crippen LogP contribution in [0.2, 0.25) is 5.02 Å². The molecule has 0 atom stereocenters. The molecule has 128 valence electrons. The van der Waals surface area contributed by atoms with Gasteiger partial charge in [-0.05, 0) is 24.1 Å². The van der Waals surface area contributed by atoms with E-state index in [0.29, 0.717) is 16.8 Å². The van der Waals surface area contributed by atoms with E-state index in [1.165, 1.54) is 49.6 Å². The van der Waals surface area contributed by atoms with Gasteiger partial charge in [-0.2, -0.15) is 0 Å². The monoisotopic (exact) mass is 368 g/mol. The Morgan fingerprint density at radius 3 is 2.96 bits per heavy atom. The van der Waals surface area contributed by atoms with Crippen molar-refractivity contribution in [2.45, 2.75) is 37.3 Å². The summed E-state index contributed by atoms with van der Waals surface area (Å²) < 4.78 is 13.0. The lowest BCUT2D eigenvalue weighted by Gasteiger charge is -2.06. The molecular formula is C16H18ClFN4OS. The fourth-order valence-electron chi connectivity index (χ4n) is 2.83. The van der Waals surface area contributed by atoms with Crippen molar-refractivity contribution in [1.82, 2.24) is 15.2 Å². The highest BCUT2D eigenvalue weighted by Gasteiger charge is 2.17. The molecule has 0 bridgehead atoms. The van der Waals surface area contributed by atoms with Crippen LogP contribution in [0.15, 0.2) is 23.4 Å². The maximum Gasteiger partial charge on any atom is 0.234 e. The van der Waals surface area contributed by atoms with Gasteiger partial charge < -0.3 is 5.32 Å². The first-order chi connectivity index (χ1) is 11.6. The van der Waals surface area contributed by atoms with Gasteiger partial charge in [-0.25, -0.2) is 9.37 Å². The minimum Gasteiger partial charge on any atom is -0.324 e. The van der Waals surface area contributed by atoms with Gasteiger partial charge in [0.15, 0.2) is 0 Å². The average molecular weight is 369 g/mol. The van der Waals surface area contributed by atoms with E-state index in [-0.39, 0.29) is 16.7 Å². The predicted molar refractivity (Wildman–Crippen MR) is 92.8 cm³/mol. The van der Waals surface area contributed by atoms with Crippen LogP contribution in [0.3, 0.4) is 0 Å². The van der Waals surface area contributed by atoms with E-state index in [2.05, 4.69) is 20.5 Å². The zero-order valence-electron chi connectivity index (χ0n) is 13.0. The highest BCUT2D eigenvalue weighted by molar-refractivity contribution is 7.99. The van der Waals surface area contributed by atoms with Crippen molar-refractivity contribution < 1.29 is 9.18 Å². The number of benzene rings is 1. The van der Waals surface area contributed by atoms with E-state index in [9.17, 15) is 9.18 Å². The number of nitrogens with one attached hydrogen (secondary N) is 2. The van der Waals surface area contributed by atoms with Crippen LogP contribution in [0.25, 0.3) is 0 Å². The van der Waals surface area contributed by atoms with Crippen LogP contribution in [0.4, 0.5) is 10.1 Å². The minimum absolute atomic E-state index is 0.161. The molecule has 0 radical (unpaired) electrons. The van der Waals surface area contributed by atoms with Gasteiger partial charge in [0.1, 0.15) is 11.6 Å². The second-order valence-corrected chi connectivity index (χ2v) is 7.23. The SMILES string of the molecule is O=C(CSc1n[nH]c(CC2CCCC2)n1)Nc1ccc(F)cc1Cl. The van der Waals surface area contributed by atoms with Crippen LogP contribution >= 0.6 is 23.4 Å². The molecule has 0 saturated heterocycles. The number of amides is 1. The molecule has 1 aliphatic rings. The van der Waals surface area contributed by atoms with Gasteiger partial charge in [0.2, 0.25) is 11.1 Å². The highest BCUT2D eigenvalue weighted by Crippen LogP contribution is 2.27. The Balaban J connectivity index is 1.48. The maximum atomic E-state index is 13.0. The lowest BCUT2D eigenvalue weighted by atomic mass is 10.0. The molecule has 1 aromatic carbocycles. The quantitative estimate of drug-likeness (QED) is 0.754. The number of anilines is 1. The third kappa shape index (κ3) is 4.70. The predicted octanol–water partition coefficient (Wildman–Crippen LogP) is 4.06. The first-order valence-corrected chi connectivity index (χ1v) is 9.25. The number of H-pyrrole nitrogens is 1. The summed E-state index contributed by atoms with van der Waals surface area (Å²) in [5, 5.41) is 10.5. The van der Waals surface area contributed by atoms with Gasteiger partial charge in [-0.1, -0.05) is 49.0 Å². The topological polar surface area (TPSA) is 70.7 Å². The van der Waals surface area contributed by atoms with Crippen molar-refractivity contribution in [1.29, 1.82) is 0 Å². The highest BCUT2D eigenvalue weighted by atomic mass is 35.5. The molecule has 1 saturated carbocycles. The minimum atomic E-state index is -0.442. The number of rotatable bonds is 6. The maximum absolute atomic E-state index is 13.0. The molecule has 1 heterocycles. The van der Waals surface area contributed by atoms with Crippen molar-refractivity contribution in [3.8, 4) is 0 Å². The Labute approximate surface area is 148 Å². The van der Waals surface area contributed by atoms with E-state index in [0.717, 1.165) is 18.3 Å². The zero-order valence-corrected chi connectivity index (χ0v) is 14.6. The first-order valence-electron chi connectivity index (χ1n) is 7.89. The summed E-state index contributed by atoms with van der Waals surface area (Å²) >= 11 is 7.14. The number of thioether (sulfide) groups is 1. The van der Waals surface area contributed by atoms with Crippen molar-refractivity contribution in [3.63, 3.8) is 0 Å². The molecule has 3 rings (SSSR count). The van der Waals surface area contributed by atoms with E-state index in [1.54, 1.807) is 0 Å². The van der Waals surface area contributed by atoms with Crippen LogP contribution in [0, 0.1) is 11.7 Å². The largest absolute Gasteiger partial charge is 0.324 e. The second-order valence-electron chi connectivity index (χ2n) is 5.88. The molecule has 1 fully saturated rings. The summed E-state index contributed by atoms with van der Waals surface area (Å²) in [4.78, 5) is 16.4. The van der Waals surface area contributed by atoms with Crippen LogP contribution in [-0.2, 0) is 11.2 Å². The summed E-state index contributed by atoms with van der Waals surface area (Å²) in [6.07, 6.45) is 6.03. The third-order valence-corrected chi connectivity index (χ3v) is 5.17. The number of nitrogens with zero attached hydrogens (tertiary/aromatic N) is 2. The summed E-state index contributed by atoms with van der Waals surface area (Å²) in [6, 6.07) is 3.85. The Hall–Kier alpha value is -1.60. The fourth-order valence-corrected chi connectivity index (χ4v) is 3.66. The summed E-state index contributed by atoms with van der Waals surface area (Å²) in [5.74, 6) is 1.05. The Morgan fingerprint density at radius 2 is 2.21 bits per heavy atom. The summed E-state index contributed by atoms with van der Waals surface area (Å²) in [6.45, 7) is 0. The molecule has 1 aromatic heterocycles. The fraction of sp³-hybridized carbons (Fsp3) is 0.438. The van der Waals surface area contributed by atoms with Gasteiger partial charge in [0, 0.05) is 6.42 Å². The molecule has 8 heteroatoms. The molecule has 0 aliphatic heterocycles. The summed E-state index contributed by atoms with van der Waals surface area (Å²) in [5.41, 5.74) is 0.389. The van der Waals surface area contributed by atoms with Crippen LogP contribution < -0.4 is 5.32 Å². The van der Waals surface area contributed by atoms with Gasteiger partial charge in [-0.3, -0.25) is 9.89 Å². The van der Waals surface area contributed by atoms with Crippen molar-refractivity contribution in [2.24, 2.45) is 5.92 Å². The number of hydrogen-bond acceptors (Lipinski definition) is 4. The zero-order chi connectivity index (χ0) is 16.9. The van der Waals surface area contributed by atoms with Gasteiger partial charge in [-0.15, -0.1) is 5.10 Å². The van der Waals surface area contributed by atoms with Crippen LogP contribution in [0.1, 0.15) is 31.5 Å². The number of halogens is 2. The lowest BCUT2D eigenvalue weighted by molar-refractivity contribution is -0.113. The molecule has 1 amide bonds. The van der Waals surface area contributed by atoms with Crippen molar-refractivity contribution in [2.75, 3.05) is 11.1 Å². The Morgan fingerprint density at radius 1 is 1.42 bits per heavy atom. The Bertz CT molecular complexity index is 718. The normalized spacial score (nSPS) is 14.9. The van der Waals surface area contributed by atoms with Crippen molar-refractivity contribution >= 4 is 35.0 Å². The molecule has 0 unspecified atom stereocenters. The smallest absolute Gasteiger partial charge is 0.234 e. The molecule has 2 N–H and O–H groups in total. The van der Waals surface area contributed by atoms with E-state index >= 15 is 0 Å². The lowest BCUT2D eigenvalue weighted by Crippen LogP contribution is -2.14. The molecule has 0 spiro atoms.